The number of halogens is 3. The molecule has 0 aliphatic carbocycles. The molecule has 2 aromatic carbocycles. The van der Waals surface area contributed by atoms with Crippen molar-refractivity contribution in [2.75, 3.05) is 58.4 Å². The molecule has 1 unspecified atom stereocenters. The quantitative estimate of drug-likeness (QED) is 0.453. The molecule has 39 heavy (non-hydrogen) atoms. The number of amides is 2. The SMILES string of the molecule is CCN1CCN(c2cccc3c2CN(C(CCCNC(=O)C(F)(F)F)c2ccc(OC)c(OC)c2)C3=O)CC1. The predicted molar refractivity (Wildman–Crippen MR) is 141 cm³/mol. The van der Waals surface area contributed by atoms with Crippen LogP contribution in [0.15, 0.2) is 36.4 Å². The first-order valence-electron chi connectivity index (χ1n) is 13.1. The second kappa shape index (κ2) is 12.1. The van der Waals surface area contributed by atoms with Gasteiger partial charge in [-0.15, -0.1) is 0 Å². The number of nitrogens with one attached hydrogen (secondary N) is 1. The second-order valence-electron chi connectivity index (χ2n) is 9.68. The van der Waals surface area contributed by atoms with Crippen molar-refractivity contribution >= 4 is 17.5 Å². The van der Waals surface area contributed by atoms with Crippen LogP contribution in [0.1, 0.15) is 47.3 Å². The zero-order chi connectivity index (χ0) is 28.2. The van der Waals surface area contributed by atoms with Crippen molar-refractivity contribution < 1.29 is 32.2 Å². The zero-order valence-electron chi connectivity index (χ0n) is 22.5. The van der Waals surface area contributed by atoms with Gasteiger partial charge in [-0.3, -0.25) is 9.59 Å². The molecule has 2 heterocycles. The largest absolute Gasteiger partial charge is 0.493 e. The fourth-order valence-corrected chi connectivity index (χ4v) is 5.35. The van der Waals surface area contributed by atoms with E-state index >= 15 is 0 Å². The third-order valence-electron chi connectivity index (χ3n) is 7.50. The average Bonchev–Trinajstić information content (AvgIpc) is 3.28. The third kappa shape index (κ3) is 6.24. The number of carbonyl (C=O) groups excluding carboxylic acids is 2. The summed E-state index contributed by atoms with van der Waals surface area (Å²) in [5.41, 5.74) is 3.42. The Kier molecular flexibility index (Phi) is 8.89. The minimum Gasteiger partial charge on any atom is -0.493 e. The van der Waals surface area contributed by atoms with Gasteiger partial charge < -0.3 is 29.5 Å². The van der Waals surface area contributed by atoms with Crippen LogP contribution >= 0.6 is 0 Å². The van der Waals surface area contributed by atoms with Crippen LogP contribution in [0.5, 0.6) is 11.5 Å². The number of ether oxygens (including phenoxy) is 2. The van der Waals surface area contributed by atoms with E-state index in [0.717, 1.165) is 49.5 Å². The molecule has 1 N–H and O–H groups in total. The smallest absolute Gasteiger partial charge is 0.471 e. The molecule has 0 radical (unpaired) electrons. The Balaban J connectivity index is 1.59. The molecule has 212 valence electrons. The van der Waals surface area contributed by atoms with Crippen molar-refractivity contribution in [3.8, 4) is 11.5 Å². The molecule has 4 rings (SSSR count). The van der Waals surface area contributed by atoms with Crippen molar-refractivity contribution in [1.82, 2.24) is 15.1 Å². The molecule has 2 aliphatic heterocycles. The van der Waals surface area contributed by atoms with Gasteiger partial charge in [0.25, 0.3) is 5.91 Å². The van der Waals surface area contributed by atoms with Gasteiger partial charge in [-0.1, -0.05) is 19.1 Å². The van der Waals surface area contributed by atoms with E-state index in [1.54, 1.807) is 17.0 Å². The van der Waals surface area contributed by atoms with Crippen molar-refractivity contribution in [1.29, 1.82) is 0 Å². The van der Waals surface area contributed by atoms with E-state index in [0.29, 0.717) is 30.0 Å². The van der Waals surface area contributed by atoms with Crippen LogP contribution in [0.4, 0.5) is 18.9 Å². The fourth-order valence-electron chi connectivity index (χ4n) is 5.35. The van der Waals surface area contributed by atoms with Crippen molar-refractivity contribution in [3.63, 3.8) is 0 Å². The highest BCUT2D eigenvalue weighted by Crippen LogP contribution is 2.40. The summed E-state index contributed by atoms with van der Waals surface area (Å²) < 4.78 is 48.7. The molecule has 8 nitrogen and oxygen atoms in total. The molecule has 11 heteroatoms. The number of carbonyl (C=O) groups is 2. The van der Waals surface area contributed by atoms with Gasteiger partial charge in [0.2, 0.25) is 0 Å². The maximum atomic E-state index is 13.7. The molecule has 0 aromatic heterocycles. The maximum Gasteiger partial charge on any atom is 0.471 e. The first-order chi connectivity index (χ1) is 18.7. The van der Waals surface area contributed by atoms with Gasteiger partial charge in [-0.2, -0.15) is 13.2 Å². The number of fused-ring (bicyclic) bond motifs is 1. The molecule has 2 amide bonds. The van der Waals surface area contributed by atoms with Gasteiger partial charge in [0.15, 0.2) is 11.5 Å². The van der Waals surface area contributed by atoms with Crippen LogP contribution in [0.2, 0.25) is 0 Å². The number of anilines is 1. The number of hydrogen-bond donors (Lipinski definition) is 1. The molecule has 0 spiro atoms. The van der Waals surface area contributed by atoms with E-state index in [9.17, 15) is 22.8 Å². The molecule has 0 saturated carbocycles. The standard InChI is InChI=1S/C28H35F3N4O4/c1-4-33-13-15-34(16-14-33)23-8-5-7-20-21(23)18-35(26(20)36)22(9-6-12-32-27(37)28(29,30)31)19-10-11-24(38-2)25(17-19)39-3/h5,7-8,10-11,17,22H,4,6,9,12-16,18H2,1-3H3,(H,32,37). The minimum atomic E-state index is -4.94. The van der Waals surface area contributed by atoms with E-state index in [2.05, 4.69) is 22.8 Å². The Morgan fingerprint density at radius 3 is 2.41 bits per heavy atom. The van der Waals surface area contributed by atoms with Crippen LogP contribution < -0.4 is 19.7 Å². The van der Waals surface area contributed by atoms with Gasteiger partial charge in [-0.05, 0) is 49.2 Å². The third-order valence-corrected chi connectivity index (χ3v) is 7.50. The van der Waals surface area contributed by atoms with Crippen LogP contribution in [0.25, 0.3) is 0 Å². The Morgan fingerprint density at radius 1 is 1.05 bits per heavy atom. The predicted octanol–water partition coefficient (Wildman–Crippen LogP) is 4.00. The molecule has 1 fully saturated rings. The highest BCUT2D eigenvalue weighted by atomic mass is 19.4. The van der Waals surface area contributed by atoms with Gasteiger partial charge in [-0.25, -0.2) is 0 Å². The van der Waals surface area contributed by atoms with E-state index in [1.807, 2.05) is 23.5 Å². The van der Waals surface area contributed by atoms with E-state index in [-0.39, 0.29) is 18.9 Å². The fraction of sp³-hybridized carbons (Fsp3) is 0.500. The number of alkyl halides is 3. The highest BCUT2D eigenvalue weighted by Gasteiger charge is 2.39. The summed E-state index contributed by atoms with van der Waals surface area (Å²) in [7, 11) is 3.05. The van der Waals surface area contributed by atoms with Crippen LogP contribution in [-0.4, -0.2) is 81.3 Å². The molecular weight excluding hydrogens is 513 g/mol. The highest BCUT2D eigenvalue weighted by molar-refractivity contribution is 6.00. The first-order valence-corrected chi connectivity index (χ1v) is 13.1. The molecule has 1 atom stereocenters. The summed E-state index contributed by atoms with van der Waals surface area (Å²) in [6.45, 7) is 7.02. The Hall–Kier alpha value is -3.47. The van der Waals surface area contributed by atoms with E-state index in [4.69, 9.17) is 9.47 Å². The molecular formula is C28H35F3N4O4. The Morgan fingerprint density at radius 2 is 1.77 bits per heavy atom. The number of likely N-dealkylation sites (N-methyl/N-ethyl adjacent to an activating group) is 1. The zero-order valence-corrected chi connectivity index (χ0v) is 22.5. The summed E-state index contributed by atoms with van der Waals surface area (Å²) in [6.07, 6.45) is -4.35. The van der Waals surface area contributed by atoms with E-state index < -0.39 is 18.1 Å². The summed E-state index contributed by atoms with van der Waals surface area (Å²) in [5.74, 6) is -1.08. The summed E-state index contributed by atoms with van der Waals surface area (Å²) in [6, 6.07) is 10.7. The number of hydrogen-bond acceptors (Lipinski definition) is 6. The van der Waals surface area contributed by atoms with Gasteiger partial charge in [0.1, 0.15) is 0 Å². The number of methoxy groups -OCH3 is 2. The monoisotopic (exact) mass is 548 g/mol. The number of rotatable bonds is 10. The van der Waals surface area contributed by atoms with Crippen LogP contribution in [0.3, 0.4) is 0 Å². The van der Waals surface area contributed by atoms with E-state index in [1.165, 1.54) is 14.2 Å². The number of nitrogens with zero attached hydrogens (tertiary/aromatic N) is 3. The topological polar surface area (TPSA) is 74.3 Å². The van der Waals surface area contributed by atoms with Gasteiger partial charge >= 0.3 is 12.1 Å². The van der Waals surface area contributed by atoms with Crippen molar-refractivity contribution in [2.45, 2.75) is 38.5 Å². The molecule has 2 aromatic rings. The lowest BCUT2D eigenvalue weighted by Gasteiger charge is -2.36. The lowest BCUT2D eigenvalue weighted by Crippen LogP contribution is -2.46. The summed E-state index contributed by atoms with van der Waals surface area (Å²) in [5, 5.41) is 1.93. The normalized spacial score (nSPS) is 16.7. The van der Waals surface area contributed by atoms with Crippen LogP contribution in [0, 0.1) is 0 Å². The lowest BCUT2D eigenvalue weighted by molar-refractivity contribution is -0.173. The number of piperazine rings is 1. The minimum absolute atomic E-state index is 0.127. The molecule has 2 aliphatic rings. The summed E-state index contributed by atoms with van der Waals surface area (Å²) >= 11 is 0. The first kappa shape index (κ1) is 28.5. The second-order valence-corrected chi connectivity index (χ2v) is 9.68. The molecule has 0 bridgehead atoms. The maximum absolute atomic E-state index is 13.7. The Labute approximate surface area is 226 Å². The average molecular weight is 549 g/mol. The number of benzene rings is 2. The van der Waals surface area contributed by atoms with Crippen LogP contribution in [-0.2, 0) is 11.3 Å². The Bertz CT molecular complexity index is 1180. The van der Waals surface area contributed by atoms with Gasteiger partial charge in [0.05, 0.1) is 20.3 Å². The summed E-state index contributed by atoms with van der Waals surface area (Å²) in [4.78, 5) is 31.5. The lowest BCUT2D eigenvalue weighted by atomic mass is 9.99. The van der Waals surface area contributed by atoms with Crippen molar-refractivity contribution in [3.05, 3.63) is 53.1 Å². The molecule has 1 saturated heterocycles. The van der Waals surface area contributed by atoms with Gasteiger partial charge in [0, 0.05) is 56.1 Å². The van der Waals surface area contributed by atoms with Crippen molar-refractivity contribution in [2.24, 2.45) is 0 Å².